The lowest BCUT2D eigenvalue weighted by molar-refractivity contribution is -0.128. The predicted octanol–water partition coefficient (Wildman–Crippen LogP) is 7.08. The second kappa shape index (κ2) is 16.9. The Morgan fingerprint density at radius 1 is 0.857 bits per heavy atom. The molecule has 4 rings (SSSR count). The van der Waals surface area contributed by atoms with Crippen molar-refractivity contribution in [2.24, 2.45) is 0 Å². The van der Waals surface area contributed by atoms with Gasteiger partial charge in [-0.2, -0.15) is 0 Å². The zero-order valence-electron chi connectivity index (χ0n) is 29.3. The first-order valence-electron chi connectivity index (χ1n) is 16.6. The lowest BCUT2D eigenvalue weighted by Crippen LogP contribution is -2.58. The highest BCUT2D eigenvalue weighted by molar-refractivity contribution is 5.99. The summed E-state index contributed by atoms with van der Waals surface area (Å²) in [6.07, 6.45) is 4.76. The number of carbonyl (C=O) groups excluding carboxylic acids is 3. The third-order valence-electron chi connectivity index (χ3n) is 7.83. The number of benzene rings is 3. The molecule has 49 heavy (non-hydrogen) atoms. The van der Waals surface area contributed by atoms with Crippen LogP contribution in [0.1, 0.15) is 76.3 Å². The number of nitrogens with zero attached hydrogens (tertiary/aromatic N) is 2. The van der Waals surface area contributed by atoms with Crippen LogP contribution in [0.5, 0.6) is 0 Å². The van der Waals surface area contributed by atoms with Crippen molar-refractivity contribution < 1.29 is 23.9 Å². The highest BCUT2D eigenvalue weighted by atomic mass is 16.6. The van der Waals surface area contributed by atoms with Crippen LogP contribution in [0.4, 0.5) is 4.79 Å². The molecular formula is C40H48N4O5. The van der Waals surface area contributed by atoms with Crippen molar-refractivity contribution in [3.63, 3.8) is 0 Å². The van der Waals surface area contributed by atoms with Gasteiger partial charge < -0.3 is 24.7 Å². The fraction of sp³-hybridized carbons (Fsp3) is 0.350. The van der Waals surface area contributed by atoms with Crippen LogP contribution in [0.3, 0.4) is 0 Å². The van der Waals surface area contributed by atoms with Crippen LogP contribution < -0.4 is 10.6 Å². The van der Waals surface area contributed by atoms with Crippen LogP contribution in [0.2, 0.25) is 0 Å². The molecule has 1 aromatic heterocycles. The van der Waals surface area contributed by atoms with E-state index in [4.69, 9.17) is 9.47 Å². The molecule has 9 heteroatoms. The molecule has 2 N–H and O–H groups in total. The van der Waals surface area contributed by atoms with Crippen molar-refractivity contribution in [3.8, 4) is 0 Å². The molecule has 2 amide bonds. The molecule has 258 valence electrons. The maximum Gasteiger partial charge on any atom is 0.408 e. The van der Waals surface area contributed by atoms with Gasteiger partial charge in [-0.05, 0) is 69.9 Å². The van der Waals surface area contributed by atoms with Crippen LogP contribution in [-0.2, 0) is 32.2 Å². The van der Waals surface area contributed by atoms with Gasteiger partial charge in [-0.1, -0.05) is 91.0 Å². The predicted molar refractivity (Wildman–Crippen MR) is 192 cm³/mol. The van der Waals surface area contributed by atoms with Crippen molar-refractivity contribution in [1.82, 2.24) is 20.2 Å². The monoisotopic (exact) mass is 664 g/mol. The Hall–Kier alpha value is -5.02. The normalized spacial score (nSPS) is 12.8. The number of ether oxygens (including phenoxy) is 2. The summed E-state index contributed by atoms with van der Waals surface area (Å²) in [6.45, 7) is 11.2. The van der Waals surface area contributed by atoms with E-state index in [0.29, 0.717) is 24.4 Å². The van der Waals surface area contributed by atoms with Gasteiger partial charge in [0.1, 0.15) is 11.1 Å². The summed E-state index contributed by atoms with van der Waals surface area (Å²) in [5, 5.41) is 5.54. The Morgan fingerprint density at radius 3 is 2.00 bits per heavy atom. The van der Waals surface area contributed by atoms with E-state index in [0.717, 1.165) is 5.56 Å². The number of imidazole rings is 1. The molecule has 3 aromatic carbocycles. The first-order valence-corrected chi connectivity index (χ1v) is 16.6. The van der Waals surface area contributed by atoms with Gasteiger partial charge in [-0.15, -0.1) is 0 Å². The number of nitrogens with one attached hydrogen (secondary N) is 2. The Labute approximate surface area is 289 Å². The number of alkyl carbamates (subject to hydrolysis) is 1. The minimum absolute atomic E-state index is 0.00379. The lowest BCUT2D eigenvalue weighted by atomic mass is 9.91. The van der Waals surface area contributed by atoms with E-state index in [1.54, 1.807) is 53.9 Å². The SMILES string of the molecule is CC(=Cc1cn(CC(c2ccccc2)c2ccccc2)cn1)C(=O)C[C@@H](COCc1ccccc1)NC(=O)C(C)(C)NC(=O)OC(C)(C)C. The Bertz CT molecular complexity index is 1650. The van der Waals surface area contributed by atoms with Crippen molar-refractivity contribution in [3.05, 3.63) is 131 Å². The van der Waals surface area contributed by atoms with Gasteiger partial charge in [0.05, 0.1) is 31.3 Å². The molecule has 4 aromatic rings. The van der Waals surface area contributed by atoms with Crippen LogP contribution in [-0.4, -0.2) is 51.1 Å². The van der Waals surface area contributed by atoms with Crippen molar-refractivity contribution >= 4 is 23.9 Å². The van der Waals surface area contributed by atoms with Crippen molar-refractivity contribution in [1.29, 1.82) is 0 Å². The molecule has 0 spiro atoms. The van der Waals surface area contributed by atoms with E-state index in [2.05, 4.69) is 39.9 Å². The maximum absolute atomic E-state index is 13.5. The summed E-state index contributed by atoms with van der Waals surface area (Å²) in [5.74, 6) is -0.496. The van der Waals surface area contributed by atoms with E-state index in [9.17, 15) is 14.4 Å². The molecule has 0 saturated heterocycles. The fourth-order valence-corrected chi connectivity index (χ4v) is 5.25. The largest absolute Gasteiger partial charge is 0.444 e. The Morgan fingerprint density at radius 2 is 1.43 bits per heavy atom. The fourth-order valence-electron chi connectivity index (χ4n) is 5.25. The molecule has 0 aliphatic carbocycles. The van der Waals surface area contributed by atoms with E-state index < -0.39 is 29.2 Å². The van der Waals surface area contributed by atoms with E-state index >= 15 is 0 Å². The summed E-state index contributed by atoms with van der Waals surface area (Å²) >= 11 is 0. The number of amides is 2. The number of hydrogen-bond donors (Lipinski definition) is 2. The lowest BCUT2D eigenvalue weighted by Gasteiger charge is -2.29. The van der Waals surface area contributed by atoms with Gasteiger partial charge in [0.15, 0.2) is 5.78 Å². The van der Waals surface area contributed by atoms with Crippen molar-refractivity contribution in [2.45, 2.75) is 84.2 Å². The molecule has 0 aliphatic heterocycles. The average Bonchev–Trinajstić information content (AvgIpc) is 3.50. The molecular weight excluding hydrogens is 616 g/mol. The second-order valence-corrected chi connectivity index (χ2v) is 13.7. The number of allylic oxidation sites excluding steroid dienone is 1. The van der Waals surface area contributed by atoms with E-state index in [1.807, 2.05) is 77.5 Å². The van der Waals surface area contributed by atoms with Crippen LogP contribution in [0.25, 0.3) is 6.08 Å². The minimum Gasteiger partial charge on any atom is -0.444 e. The second-order valence-electron chi connectivity index (χ2n) is 13.7. The first kappa shape index (κ1) is 36.8. The zero-order chi connectivity index (χ0) is 35.4. The third kappa shape index (κ3) is 11.9. The smallest absolute Gasteiger partial charge is 0.408 e. The first-order chi connectivity index (χ1) is 23.3. The van der Waals surface area contributed by atoms with Crippen LogP contribution in [0, 0.1) is 0 Å². The number of aromatic nitrogens is 2. The van der Waals surface area contributed by atoms with Gasteiger partial charge in [-0.25, -0.2) is 9.78 Å². The maximum atomic E-state index is 13.5. The molecule has 0 radical (unpaired) electrons. The van der Waals surface area contributed by atoms with Gasteiger partial charge in [0.25, 0.3) is 0 Å². The Kier molecular flexibility index (Phi) is 12.7. The van der Waals surface area contributed by atoms with Gasteiger partial charge in [0, 0.05) is 25.1 Å². The van der Waals surface area contributed by atoms with Crippen LogP contribution in [0.15, 0.2) is 109 Å². The number of hydrogen-bond acceptors (Lipinski definition) is 6. The minimum atomic E-state index is -1.31. The molecule has 0 saturated carbocycles. The summed E-state index contributed by atoms with van der Waals surface area (Å²) < 4.78 is 13.3. The number of carbonyl (C=O) groups is 3. The highest BCUT2D eigenvalue weighted by Crippen LogP contribution is 2.26. The van der Waals surface area contributed by atoms with Crippen LogP contribution >= 0.6 is 0 Å². The van der Waals surface area contributed by atoms with E-state index in [1.165, 1.54) is 11.1 Å². The molecule has 1 heterocycles. The third-order valence-corrected chi connectivity index (χ3v) is 7.83. The molecule has 1 atom stereocenters. The molecule has 9 nitrogen and oxygen atoms in total. The molecule has 0 aliphatic rings. The standard InChI is InChI=1S/C40H48N4O5/c1-29(22-33-24-44(28-41-33)25-35(31-18-12-8-13-19-31)32-20-14-9-15-21-32)36(45)23-34(27-48-26-30-16-10-7-11-17-30)42-37(46)40(5,6)43-38(47)49-39(2,3)4/h7-22,24,28,34-35H,23,25-27H2,1-6H3,(H,42,46)(H,43,47)/t34-/m0/s1. The van der Waals surface area contributed by atoms with E-state index in [-0.39, 0.29) is 24.7 Å². The zero-order valence-corrected chi connectivity index (χ0v) is 29.3. The summed E-state index contributed by atoms with van der Waals surface area (Å²) in [6, 6.07) is 29.7. The van der Waals surface area contributed by atoms with Gasteiger partial charge in [0.2, 0.25) is 5.91 Å². The highest BCUT2D eigenvalue weighted by Gasteiger charge is 2.33. The summed E-state index contributed by atoms with van der Waals surface area (Å²) in [4.78, 5) is 43.9. The molecule has 0 bridgehead atoms. The average molecular weight is 665 g/mol. The van der Waals surface area contributed by atoms with Gasteiger partial charge >= 0.3 is 6.09 Å². The summed E-state index contributed by atoms with van der Waals surface area (Å²) in [7, 11) is 0. The number of ketones is 1. The molecule has 0 fully saturated rings. The van der Waals surface area contributed by atoms with Crippen molar-refractivity contribution in [2.75, 3.05) is 6.61 Å². The van der Waals surface area contributed by atoms with Gasteiger partial charge in [-0.3, -0.25) is 9.59 Å². The quantitative estimate of drug-likeness (QED) is 0.131. The number of rotatable bonds is 15. The topological polar surface area (TPSA) is 112 Å². The number of Topliss-reactive ketones (excluding diaryl/α,β-unsaturated/α-hetero) is 1. The molecule has 0 unspecified atom stereocenters. The summed E-state index contributed by atoms with van der Waals surface area (Å²) in [5.41, 5.74) is 2.52. The Balaban J connectivity index is 1.44.